The Labute approximate surface area is 126 Å². The molecule has 0 amide bonds. The molecule has 114 valence electrons. The van der Waals surface area contributed by atoms with E-state index in [1.54, 1.807) is 6.07 Å². The molecule has 0 N–H and O–H groups in total. The van der Waals surface area contributed by atoms with Crippen molar-refractivity contribution in [1.29, 1.82) is 0 Å². The van der Waals surface area contributed by atoms with Crippen molar-refractivity contribution in [2.45, 2.75) is 45.8 Å². The van der Waals surface area contributed by atoms with Crippen LogP contribution in [0.15, 0.2) is 30.4 Å². The molecule has 5 heteroatoms. The highest BCUT2D eigenvalue weighted by Crippen LogP contribution is 2.36. The van der Waals surface area contributed by atoms with Crippen molar-refractivity contribution >= 4 is 12.6 Å². The van der Waals surface area contributed by atoms with E-state index in [2.05, 4.69) is 6.58 Å². The van der Waals surface area contributed by atoms with Gasteiger partial charge in [-0.25, -0.2) is 4.39 Å². The lowest BCUT2D eigenvalue weighted by Gasteiger charge is -2.32. The van der Waals surface area contributed by atoms with Crippen molar-refractivity contribution in [3.05, 3.63) is 36.2 Å². The molecule has 0 aromatic heterocycles. The molecule has 1 heterocycles. The molecule has 1 aromatic carbocycles. The number of benzene rings is 1. The lowest BCUT2D eigenvalue weighted by Crippen LogP contribution is -2.41. The molecule has 1 aliphatic rings. The first-order valence-electron chi connectivity index (χ1n) is 7.04. The second-order valence-electron chi connectivity index (χ2n) is 6.55. The Balaban J connectivity index is 2.23. The number of hydrogen-bond donors (Lipinski definition) is 0. The minimum atomic E-state index is -0.599. The fourth-order valence-electron chi connectivity index (χ4n) is 1.99. The Kier molecular flexibility index (Phi) is 4.18. The molecule has 1 saturated heterocycles. The van der Waals surface area contributed by atoms with E-state index in [4.69, 9.17) is 14.0 Å². The van der Waals surface area contributed by atoms with E-state index < -0.39 is 18.3 Å². The first kappa shape index (κ1) is 16.1. The quantitative estimate of drug-likeness (QED) is 0.630. The van der Waals surface area contributed by atoms with Gasteiger partial charge < -0.3 is 14.0 Å². The third kappa shape index (κ3) is 3.47. The van der Waals surface area contributed by atoms with E-state index in [1.165, 1.54) is 12.1 Å². The molecule has 0 atom stereocenters. The predicted molar refractivity (Wildman–Crippen MR) is 82.4 cm³/mol. The second kappa shape index (κ2) is 5.46. The van der Waals surface area contributed by atoms with Crippen LogP contribution in [0.25, 0.3) is 0 Å². The number of hydrogen-bond acceptors (Lipinski definition) is 3. The van der Waals surface area contributed by atoms with Crippen LogP contribution < -0.4 is 10.2 Å². The van der Waals surface area contributed by atoms with E-state index in [-0.39, 0.29) is 5.82 Å². The zero-order chi connectivity index (χ0) is 15.8. The normalized spacial score (nSPS) is 19.6. The minimum absolute atomic E-state index is 0.353. The topological polar surface area (TPSA) is 27.7 Å². The highest BCUT2D eigenvalue weighted by Gasteiger charge is 2.51. The first-order valence-corrected chi connectivity index (χ1v) is 7.04. The second-order valence-corrected chi connectivity index (χ2v) is 6.55. The van der Waals surface area contributed by atoms with E-state index in [1.807, 2.05) is 34.6 Å². The third-order valence-electron chi connectivity index (χ3n) is 3.90. The Morgan fingerprint density at radius 3 is 2.29 bits per heavy atom. The highest BCUT2D eigenvalue weighted by atomic mass is 19.1. The fourth-order valence-corrected chi connectivity index (χ4v) is 1.99. The summed E-state index contributed by atoms with van der Waals surface area (Å²) in [6.45, 7) is 13.8. The maximum Gasteiger partial charge on any atom is 0.495 e. The average Bonchev–Trinajstić information content (AvgIpc) is 2.55. The SMILES string of the molecule is C=C(C)COc1cc(F)cc(B2OC(C)(C)C(C)(C)O2)c1. The standard InChI is InChI=1S/C16H22BFO3/c1-11(2)10-19-14-8-12(7-13(18)9-14)17-20-15(3,4)16(5,6)21-17/h7-9H,1,10H2,2-6H3. The van der Waals surface area contributed by atoms with Gasteiger partial charge in [0.25, 0.3) is 0 Å². The largest absolute Gasteiger partial charge is 0.495 e. The molecule has 0 radical (unpaired) electrons. The molecule has 21 heavy (non-hydrogen) atoms. The van der Waals surface area contributed by atoms with Gasteiger partial charge in [0.1, 0.15) is 18.2 Å². The van der Waals surface area contributed by atoms with Gasteiger partial charge in [-0.15, -0.1) is 0 Å². The van der Waals surface area contributed by atoms with Gasteiger partial charge in [0.05, 0.1) is 11.2 Å². The smallest absolute Gasteiger partial charge is 0.489 e. The van der Waals surface area contributed by atoms with E-state index in [0.717, 1.165) is 5.57 Å². The number of halogens is 1. The molecule has 0 aliphatic carbocycles. The van der Waals surface area contributed by atoms with Crippen molar-refractivity contribution < 1.29 is 18.4 Å². The van der Waals surface area contributed by atoms with Gasteiger partial charge in [-0.1, -0.05) is 6.58 Å². The zero-order valence-electron chi connectivity index (χ0n) is 13.3. The minimum Gasteiger partial charge on any atom is -0.489 e. The lowest BCUT2D eigenvalue weighted by atomic mass is 9.79. The van der Waals surface area contributed by atoms with Crippen LogP contribution in [0.5, 0.6) is 5.75 Å². The predicted octanol–water partition coefficient (Wildman–Crippen LogP) is 3.08. The van der Waals surface area contributed by atoms with Gasteiger partial charge in [0, 0.05) is 6.07 Å². The van der Waals surface area contributed by atoms with Crippen LogP contribution in [-0.2, 0) is 9.31 Å². The van der Waals surface area contributed by atoms with Gasteiger partial charge in [0.2, 0.25) is 0 Å². The Bertz CT molecular complexity index is 538. The van der Waals surface area contributed by atoms with Gasteiger partial charge in [-0.3, -0.25) is 0 Å². The van der Waals surface area contributed by atoms with Crippen LogP contribution in [0.1, 0.15) is 34.6 Å². The molecule has 1 fully saturated rings. The third-order valence-corrected chi connectivity index (χ3v) is 3.90. The maximum atomic E-state index is 13.8. The molecule has 2 rings (SSSR count). The van der Waals surface area contributed by atoms with Crippen molar-refractivity contribution in [2.75, 3.05) is 6.61 Å². The van der Waals surface area contributed by atoms with Crippen LogP contribution in [0, 0.1) is 5.82 Å². The van der Waals surface area contributed by atoms with Gasteiger partial charge >= 0.3 is 7.12 Å². The summed E-state index contributed by atoms with van der Waals surface area (Å²) in [6, 6.07) is 4.50. The number of ether oxygens (including phenoxy) is 1. The summed E-state index contributed by atoms with van der Waals surface area (Å²) < 4.78 is 31.1. The molecule has 0 spiro atoms. The van der Waals surface area contributed by atoms with Gasteiger partial charge in [0.15, 0.2) is 0 Å². The summed E-state index contributed by atoms with van der Waals surface area (Å²) in [5.41, 5.74) is 0.576. The van der Waals surface area contributed by atoms with Gasteiger partial charge in [-0.2, -0.15) is 0 Å². The lowest BCUT2D eigenvalue weighted by molar-refractivity contribution is 0.00578. The highest BCUT2D eigenvalue weighted by molar-refractivity contribution is 6.62. The molecule has 0 unspecified atom stereocenters. The first-order chi connectivity index (χ1) is 9.60. The molecule has 3 nitrogen and oxygen atoms in total. The Morgan fingerprint density at radius 2 is 1.76 bits per heavy atom. The van der Waals surface area contributed by atoms with E-state index >= 15 is 0 Å². The van der Waals surface area contributed by atoms with Gasteiger partial charge in [-0.05, 0) is 57.8 Å². The van der Waals surface area contributed by atoms with Crippen molar-refractivity contribution in [2.24, 2.45) is 0 Å². The summed E-state index contributed by atoms with van der Waals surface area (Å²) in [6.07, 6.45) is 0. The molecular weight excluding hydrogens is 270 g/mol. The summed E-state index contributed by atoms with van der Waals surface area (Å²) >= 11 is 0. The van der Waals surface area contributed by atoms with Crippen molar-refractivity contribution in [3.8, 4) is 5.75 Å². The monoisotopic (exact) mass is 292 g/mol. The zero-order valence-corrected chi connectivity index (χ0v) is 13.3. The van der Waals surface area contributed by atoms with Crippen LogP contribution in [0.2, 0.25) is 0 Å². The van der Waals surface area contributed by atoms with Crippen LogP contribution >= 0.6 is 0 Å². The molecular formula is C16H22BFO3. The Hall–Kier alpha value is -1.33. The number of rotatable bonds is 4. The average molecular weight is 292 g/mol. The molecule has 0 bridgehead atoms. The fraction of sp³-hybridized carbons (Fsp3) is 0.500. The van der Waals surface area contributed by atoms with Crippen LogP contribution in [-0.4, -0.2) is 24.9 Å². The molecule has 0 saturated carbocycles. The summed E-state index contributed by atoms with van der Waals surface area (Å²) in [4.78, 5) is 0. The summed E-state index contributed by atoms with van der Waals surface area (Å²) in [7, 11) is -0.599. The maximum absolute atomic E-state index is 13.8. The van der Waals surface area contributed by atoms with E-state index in [0.29, 0.717) is 17.8 Å². The van der Waals surface area contributed by atoms with Crippen molar-refractivity contribution in [1.82, 2.24) is 0 Å². The van der Waals surface area contributed by atoms with Crippen LogP contribution in [0.4, 0.5) is 4.39 Å². The summed E-state index contributed by atoms with van der Waals surface area (Å²) in [5.74, 6) is 0.0710. The Morgan fingerprint density at radius 1 is 1.19 bits per heavy atom. The summed E-state index contributed by atoms with van der Waals surface area (Å²) in [5, 5.41) is 0. The van der Waals surface area contributed by atoms with Crippen LogP contribution in [0.3, 0.4) is 0 Å². The molecule has 1 aliphatic heterocycles. The molecule has 1 aromatic rings. The van der Waals surface area contributed by atoms with Crippen molar-refractivity contribution in [3.63, 3.8) is 0 Å². The van der Waals surface area contributed by atoms with E-state index in [9.17, 15) is 4.39 Å².